The van der Waals surface area contributed by atoms with Gasteiger partial charge in [0.05, 0.1) is 5.56 Å². The van der Waals surface area contributed by atoms with Gasteiger partial charge >= 0.3 is 5.97 Å². The van der Waals surface area contributed by atoms with Crippen LogP contribution in [0.25, 0.3) is 0 Å². The maximum absolute atomic E-state index is 11.6. The summed E-state index contributed by atoms with van der Waals surface area (Å²) >= 11 is 1.79. The molecule has 3 nitrogen and oxygen atoms in total. The average Bonchev–Trinajstić information content (AvgIpc) is 2.15. The highest BCUT2D eigenvalue weighted by atomic mass is 127. The van der Waals surface area contributed by atoms with Crippen molar-refractivity contribution in [3.05, 3.63) is 29.8 Å². The molecule has 0 fully saturated rings. The zero-order valence-corrected chi connectivity index (χ0v) is 11.1. The summed E-state index contributed by atoms with van der Waals surface area (Å²) in [5, 5.41) is 0. The Morgan fingerprint density at radius 1 is 1.20 bits per heavy atom. The van der Waals surface area contributed by atoms with Gasteiger partial charge in [-0.3, -0.25) is 0 Å². The van der Waals surface area contributed by atoms with Crippen LogP contribution in [-0.4, -0.2) is 11.6 Å². The Kier molecular flexibility index (Phi) is 3.96. The third-order valence-electron chi connectivity index (χ3n) is 1.58. The lowest BCUT2D eigenvalue weighted by molar-refractivity contribution is 0.00696. The second-order valence-electron chi connectivity index (χ2n) is 4.10. The topological polar surface area (TPSA) is 35.5 Å². The SMILES string of the molecule is CC(C)(C)OC(=O)c1ccc(OI)cc1. The van der Waals surface area contributed by atoms with Gasteiger partial charge in [-0.1, -0.05) is 0 Å². The van der Waals surface area contributed by atoms with Crippen molar-refractivity contribution in [2.45, 2.75) is 26.4 Å². The van der Waals surface area contributed by atoms with Gasteiger partial charge in [0.25, 0.3) is 0 Å². The quantitative estimate of drug-likeness (QED) is 0.619. The number of carbonyl (C=O) groups excluding carboxylic acids is 1. The van der Waals surface area contributed by atoms with Crippen LogP contribution in [0.15, 0.2) is 24.3 Å². The van der Waals surface area contributed by atoms with Crippen LogP contribution >= 0.6 is 23.0 Å². The second kappa shape index (κ2) is 4.83. The first kappa shape index (κ1) is 12.3. The Morgan fingerprint density at radius 2 is 1.73 bits per heavy atom. The predicted molar refractivity (Wildman–Crippen MR) is 66.3 cm³/mol. The van der Waals surface area contributed by atoms with Crippen LogP contribution in [-0.2, 0) is 4.74 Å². The van der Waals surface area contributed by atoms with E-state index in [0.717, 1.165) is 0 Å². The van der Waals surface area contributed by atoms with Gasteiger partial charge in [-0.05, 0) is 45.0 Å². The summed E-state index contributed by atoms with van der Waals surface area (Å²) in [5.41, 5.74) is 0.0670. The van der Waals surface area contributed by atoms with Crippen molar-refractivity contribution in [1.29, 1.82) is 0 Å². The van der Waals surface area contributed by atoms with Crippen LogP contribution in [0.2, 0.25) is 0 Å². The monoisotopic (exact) mass is 320 g/mol. The first-order valence-corrected chi connectivity index (χ1v) is 5.42. The molecule has 0 radical (unpaired) electrons. The molecule has 0 aliphatic heterocycles. The summed E-state index contributed by atoms with van der Waals surface area (Å²) in [7, 11) is 0. The second-order valence-corrected chi connectivity index (χ2v) is 4.54. The van der Waals surface area contributed by atoms with Crippen LogP contribution in [0.1, 0.15) is 31.1 Å². The first-order valence-electron chi connectivity index (χ1n) is 4.54. The maximum atomic E-state index is 11.6. The molecule has 1 aromatic carbocycles. The van der Waals surface area contributed by atoms with Gasteiger partial charge in [-0.2, -0.15) is 0 Å². The van der Waals surface area contributed by atoms with E-state index in [1.165, 1.54) is 0 Å². The average molecular weight is 320 g/mol. The zero-order valence-electron chi connectivity index (χ0n) is 8.91. The maximum Gasteiger partial charge on any atom is 0.338 e. The number of hydrogen-bond donors (Lipinski definition) is 0. The molecule has 0 heterocycles. The van der Waals surface area contributed by atoms with Crippen LogP contribution in [0.4, 0.5) is 0 Å². The summed E-state index contributed by atoms with van der Waals surface area (Å²) in [6.07, 6.45) is 0. The summed E-state index contributed by atoms with van der Waals surface area (Å²) in [6.45, 7) is 5.52. The summed E-state index contributed by atoms with van der Waals surface area (Å²) in [4.78, 5) is 11.6. The van der Waals surface area contributed by atoms with Crippen LogP contribution in [0.3, 0.4) is 0 Å². The van der Waals surface area contributed by atoms with E-state index in [1.54, 1.807) is 47.3 Å². The Hall–Kier alpha value is -0.780. The lowest BCUT2D eigenvalue weighted by atomic mass is 10.1. The van der Waals surface area contributed by atoms with Crippen LogP contribution < -0.4 is 3.07 Å². The standard InChI is InChI=1S/C11H13IO3/c1-11(2,3)14-10(13)8-4-6-9(15-12)7-5-8/h4-7H,1-3H3. The molecule has 0 N–H and O–H groups in total. The van der Waals surface area contributed by atoms with Crippen molar-refractivity contribution in [3.63, 3.8) is 0 Å². The smallest absolute Gasteiger partial charge is 0.338 e. The van der Waals surface area contributed by atoms with Gasteiger partial charge in [0, 0.05) is 0 Å². The van der Waals surface area contributed by atoms with Gasteiger partial charge in [0.15, 0.2) is 23.0 Å². The molecular weight excluding hydrogens is 307 g/mol. The fourth-order valence-corrected chi connectivity index (χ4v) is 1.27. The van der Waals surface area contributed by atoms with E-state index < -0.39 is 5.60 Å². The lowest BCUT2D eigenvalue weighted by Gasteiger charge is -2.19. The van der Waals surface area contributed by atoms with Crippen molar-refractivity contribution < 1.29 is 12.6 Å². The van der Waals surface area contributed by atoms with Crippen molar-refractivity contribution >= 4 is 29.0 Å². The molecule has 4 heteroatoms. The van der Waals surface area contributed by atoms with E-state index in [2.05, 4.69) is 0 Å². The molecule has 1 rings (SSSR count). The minimum atomic E-state index is -0.463. The number of hydrogen-bond acceptors (Lipinski definition) is 3. The summed E-state index contributed by atoms with van der Waals surface area (Å²) in [5.74, 6) is 0.394. The number of esters is 1. The molecule has 0 unspecified atom stereocenters. The van der Waals surface area contributed by atoms with E-state index in [4.69, 9.17) is 7.80 Å². The highest BCUT2D eigenvalue weighted by Crippen LogP contribution is 2.17. The van der Waals surface area contributed by atoms with Crippen molar-refractivity contribution in [2.24, 2.45) is 0 Å². The normalized spacial score (nSPS) is 10.9. The van der Waals surface area contributed by atoms with E-state index >= 15 is 0 Å². The van der Waals surface area contributed by atoms with Crippen LogP contribution in [0.5, 0.6) is 5.75 Å². The van der Waals surface area contributed by atoms with Gasteiger partial charge < -0.3 is 7.80 Å². The number of rotatable bonds is 2. The highest BCUT2D eigenvalue weighted by Gasteiger charge is 2.17. The third-order valence-corrected chi connectivity index (χ3v) is 2.09. The number of carbonyl (C=O) groups is 1. The Bertz CT molecular complexity index is 338. The lowest BCUT2D eigenvalue weighted by Crippen LogP contribution is -2.23. The van der Waals surface area contributed by atoms with Crippen LogP contribution in [0, 0.1) is 0 Å². The van der Waals surface area contributed by atoms with Gasteiger partial charge in [-0.15, -0.1) is 0 Å². The Balaban J connectivity index is 2.75. The minimum absolute atomic E-state index is 0.317. The van der Waals surface area contributed by atoms with Gasteiger partial charge in [0.1, 0.15) is 11.4 Å². The molecule has 0 aliphatic carbocycles. The molecule has 0 amide bonds. The molecule has 0 spiro atoms. The van der Waals surface area contributed by atoms with Crippen molar-refractivity contribution in [1.82, 2.24) is 0 Å². The fraction of sp³-hybridized carbons (Fsp3) is 0.364. The molecular formula is C11H13IO3. The third kappa shape index (κ3) is 4.07. The molecule has 82 valence electrons. The molecule has 0 bridgehead atoms. The minimum Gasteiger partial charge on any atom is -0.456 e. The predicted octanol–water partition coefficient (Wildman–Crippen LogP) is 3.37. The molecule has 0 atom stereocenters. The van der Waals surface area contributed by atoms with E-state index in [-0.39, 0.29) is 5.97 Å². The zero-order chi connectivity index (χ0) is 11.5. The largest absolute Gasteiger partial charge is 0.456 e. The molecule has 0 saturated carbocycles. The summed E-state index contributed by atoms with van der Waals surface area (Å²) < 4.78 is 10.2. The molecule has 15 heavy (non-hydrogen) atoms. The highest BCUT2D eigenvalue weighted by molar-refractivity contribution is 14.1. The van der Waals surface area contributed by atoms with E-state index in [1.807, 2.05) is 20.8 Å². The molecule has 0 saturated heterocycles. The van der Waals surface area contributed by atoms with Crippen molar-refractivity contribution in [3.8, 4) is 5.75 Å². The van der Waals surface area contributed by atoms with Crippen molar-refractivity contribution in [2.75, 3.05) is 0 Å². The first-order chi connectivity index (χ1) is 6.92. The number of halogens is 1. The fourth-order valence-electron chi connectivity index (χ4n) is 0.979. The molecule has 1 aromatic rings. The van der Waals surface area contributed by atoms with E-state index in [0.29, 0.717) is 11.3 Å². The number of ether oxygens (including phenoxy) is 1. The summed E-state index contributed by atoms with van der Waals surface area (Å²) in [6, 6.07) is 6.82. The Labute approximate surface area is 103 Å². The van der Waals surface area contributed by atoms with Gasteiger partial charge in [0.2, 0.25) is 0 Å². The Morgan fingerprint density at radius 3 is 2.13 bits per heavy atom. The molecule has 0 aliphatic rings. The molecule has 0 aromatic heterocycles. The number of benzene rings is 1. The van der Waals surface area contributed by atoms with E-state index in [9.17, 15) is 4.79 Å². The van der Waals surface area contributed by atoms with Gasteiger partial charge in [-0.25, -0.2) is 4.79 Å².